The maximum Gasteiger partial charge on any atom is 0.256 e. The third kappa shape index (κ3) is 4.39. The van der Waals surface area contributed by atoms with Gasteiger partial charge in [-0.2, -0.15) is 0 Å². The zero-order valence-corrected chi connectivity index (χ0v) is 17.6. The number of hydrogen-bond donors (Lipinski definition) is 1. The topological polar surface area (TPSA) is 73.6 Å². The number of halogens is 1. The van der Waals surface area contributed by atoms with Crippen LogP contribution in [0.15, 0.2) is 77.3 Å². The lowest BCUT2D eigenvalue weighted by Gasteiger charge is -2.09. The van der Waals surface area contributed by atoms with Gasteiger partial charge in [-0.25, -0.2) is 4.98 Å². The molecule has 0 spiro atoms. The minimum Gasteiger partial charge on any atom is -0.497 e. The molecule has 31 heavy (non-hydrogen) atoms. The van der Waals surface area contributed by atoms with Crippen LogP contribution in [-0.2, 0) is 0 Å². The van der Waals surface area contributed by atoms with Crippen molar-refractivity contribution in [2.45, 2.75) is 0 Å². The zero-order valence-electron chi connectivity index (χ0n) is 16.9. The van der Waals surface area contributed by atoms with Crippen LogP contribution in [0.1, 0.15) is 10.4 Å². The Labute approximate surface area is 184 Å². The van der Waals surface area contributed by atoms with Gasteiger partial charge >= 0.3 is 0 Å². The third-order valence-electron chi connectivity index (χ3n) is 4.66. The molecule has 4 rings (SSSR count). The van der Waals surface area contributed by atoms with Crippen molar-refractivity contribution in [3.63, 3.8) is 0 Å². The molecule has 0 radical (unpaired) electrons. The van der Waals surface area contributed by atoms with Crippen LogP contribution in [0.4, 0.5) is 5.69 Å². The van der Waals surface area contributed by atoms with E-state index in [9.17, 15) is 4.79 Å². The van der Waals surface area contributed by atoms with E-state index in [1.807, 2.05) is 18.2 Å². The van der Waals surface area contributed by atoms with Gasteiger partial charge in [0.25, 0.3) is 5.91 Å². The highest BCUT2D eigenvalue weighted by Gasteiger charge is 2.18. The quantitative estimate of drug-likeness (QED) is 0.407. The molecule has 0 atom stereocenters. The Kier molecular flexibility index (Phi) is 5.91. The summed E-state index contributed by atoms with van der Waals surface area (Å²) in [6.45, 7) is 0. The average molecular weight is 435 g/mol. The number of nitrogens with zero attached hydrogens (tertiary/aromatic N) is 1. The summed E-state index contributed by atoms with van der Waals surface area (Å²) in [6, 6.07) is 19.5. The van der Waals surface area contributed by atoms with E-state index in [0.29, 0.717) is 45.0 Å². The van der Waals surface area contributed by atoms with Gasteiger partial charge in [0.05, 0.1) is 31.5 Å². The number of nitrogens with one attached hydrogen (secondary N) is 1. The molecule has 0 bridgehead atoms. The van der Waals surface area contributed by atoms with E-state index in [4.69, 9.17) is 25.5 Å². The number of anilines is 1. The van der Waals surface area contributed by atoms with Crippen LogP contribution in [0.3, 0.4) is 0 Å². The minimum absolute atomic E-state index is 0.292. The minimum atomic E-state index is -0.292. The predicted octanol–water partition coefficient (Wildman–Crippen LogP) is 5.93. The Balaban J connectivity index is 1.67. The summed E-state index contributed by atoms with van der Waals surface area (Å²) in [5.41, 5.74) is 2.32. The van der Waals surface area contributed by atoms with E-state index >= 15 is 0 Å². The second kappa shape index (κ2) is 8.93. The molecule has 0 unspecified atom stereocenters. The van der Waals surface area contributed by atoms with Crippen molar-refractivity contribution in [1.82, 2.24) is 4.98 Å². The highest BCUT2D eigenvalue weighted by Crippen LogP contribution is 2.35. The number of amides is 1. The average Bonchev–Trinajstić information content (AvgIpc) is 3.28. The molecule has 1 N–H and O–H groups in total. The van der Waals surface area contributed by atoms with Crippen LogP contribution >= 0.6 is 11.6 Å². The first-order valence-electron chi connectivity index (χ1n) is 9.43. The summed E-state index contributed by atoms with van der Waals surface area (Å²) >= 11 is 6.01. The number of hydrogen-bond acceptors (Lipinski definition) is 5. The lowest BCUT2D eigenvalue weighted by molar-refractivity contribution is 0.102. The van der Waals surface area contributed by atoms with E-state index in [1.54, 1.807) is 68.9 Å². The maximum absolute atomic E-state index is 12.9. The predicted molar refractivity (Wildman–Crippen MR) is 120 cm³/mol. The number of rotatable bonds is 6. The van der Waals surface area contributed by atoms with Crippen molar-refractivity contribution in [1.29, 1.82) is 0 Å². The lowest BCUT2D eigenvalue weighted by Crippen LogP contribution is -2.13. The number of carbonyl (C=O) groups is 1. The van der Waals surface area contributed by atoms with Gasteiger partial charge in [0.2, 0.25) is 5.89 Å². The fourth-order valence-electron chi connectivity index (χ4n) is 3.16. The molecule has 0 aliphatic carbocycles. The van der Waals surface area contributed by atoms with Crippen molar-refractivity contribution in [3.8, 4) is 34.3 Å². The Morgan fingerprint density at radius 2 is 1.81 bits per heavy atom. The van der Waals surface area contributed by atoms with Crippen LogP contribution in [0.25, 0.3) is 22.8 Å². The molecule has 156 valence electrons. The Bertz CT molecular complexity index is 1240. The summed E-state index contributed by atoms with van der Waals surface area (Å²) in [5, 5.41) is 3.39. The zero-order chi connectivity index (χ0) is 21.8. The Morgan fingerprint density at radius 3 is 2.58 bits per heavy atom. The summed E-state index contributed by atoms with van der Waals surface area (Å²) in [7, 11) is 3.16. The number of methoxy groups -OCH3 is 2. The number of ether oxygens (including phenoxy) is 2. The van der Waals surface area contributed by atoms with Crippen LogP contribution in [0, 0.1) is 0 Å². The molecule has 0 saturated carbocycles. The standard InChI is InChI=1S/C24H19ClN2O4/c1-29-17-10-11-20(21(13-17)30-2)22-14-26-24(31-22)19-9-4-3-8-18(19)23(28)27-16-7-5-6-15(25)12-16/h3-14H,1-2H3,(H,27,28). The molecule has 0 saturated heterocycles. The van der Waals surface area contributed by atoms with Gasteiger partial charge in [-0.1, -0.05) is 29.8 Å². The Morgan fingerprint density at radius 1 is 0.968 bits per heavy atom. The highest BCUT2D eigenvalue weighted by molar-refractivity contribution is 6.31. The highest BCUT2D eigenvalue weighted by atomic mass is 35.5. The molecule has 0 fully saturated rings. The van der Waals surface area contributed by atoms with E-state index in [1.165, 1.54) is 0 Å². The van der Waals surface area contributed by atoms with Crippen LogP contribution in [-0.4, -0.2) is 25.1 Å². The third-order valence-corrected chi connectivity index (χ3v) is 4.90. The molecular formula is C24H19ClN2O4. The summed E-state index contributed by atoms with van der Waals surface area (Å²) in [4.78, 5) is 17.3. The number of carbonyl (C=O) groups excluding carboxylic acids is 1. The van der Waals surface area contributed by atoms with E-state index in [-0.39, 0.29) is 5.91 Å². The van der Waals surface area contributed by atoms with Crippen molar-refractivity contribution in [2.75, 3.05) is 19.5 Å². The number of aromatic nitrogens is 1. The maximum atomic E-state index is 12.9. The van der Waals surface area contributed by atoms with Gasteiger partial charge in [-0.3, -0.25) is 4.79 Å². The van der Waals surface area contributed by atoms with Gasteiger partial charge in [0, 0.05) is 22.3 Å². The molecule has 1 aromatic heterocycles. The molecule has 7 heteroatoms. The van der Waals surface area contributed by atoms with Crippen LogP contribution in [0.2, 0.25) is 5.02 Å². The molecule has 4 aromatic rings. The molecule has 1 heterocycles. The molecule has 0 aliphatic heterocycles. The first-order chi connectivity index (χ1) is 15.1. The van der Waals surface area contributed by atoms with Crippen molar-refractivity contribution < 1.29 is 18.7 Å². The first kappa shape index (κ1) is 20.5. The number of benzene rings is 3. The molecule has 6 nitrogen and oxygen atoms in total. The largest absolute Gasteiger partial charge is 0.497 e. The van der Waals surface area contributed by atoms with Gasteiger partial charge in [-0.05, 0) is 42.5 Å². The summed E-state index contributed by atoms with van der Waals surface area (Å²) in [6.07, 6.45) is 1.60. The fraction of sp³-hybridized carbons (Fsp3) is 0.0833. The fourth-order valence-corrected chi connectivity index (χ4v) is 3.35. The van der Waals surface area contributed by atoms with Gasteiger partial charge < -0.3 is 19.2 Å². The van der Waals surface area contributed by atoms with E-state index in [0.717, 1.165) is 5.56 Å². The summed E-state index contributed by atoms with van der Waals surface area (Å²) < 4.78 is 16.7. The van der Waals surface area contributed by atoms with Crippen molar-refractivity contribution in [3.05, 3.63) is 83.5 Å². The van der Waals surface area contributed by atoms with Crippen molar-refractivity contribution in [2.24, 2.45) is 0 Å². The normalized spacial score (nSPS) is 10.5. The first-order valence-corrected chi connectivity index (χ1v) is 9.81. The SMILES string of the molecule is COc1ccc(-c2cnc(-c3ccccc3C(=O)Nc3cccc(Cl)c3)o2)c(OC)c1. The van der Waals surface area contributed by atoms with E-state index in [2.05, 4.69) is 10.3 Å². The Hall–Kier alpha value is -3.77. The van der Waals surface area contributed by atoms with Gasteiger partial charge in [-0.15, -0.1) is 0 Å². The van der Waals surface area contributed by atoms with Crippen molar-refractivity contribution >= 4 is 23.2 Å². The van der Waals surface area contributed by atoms with Gasteiger partial charge in [0.15, 0.2) is 5.76 Å². The van der Waals surface area contributed by atoms with Gasteiger partial charge in [0.1, 0.15) is 11.5 Å². The van der Waals surface area contributed by atoms with Crippen LogP contribution in [0.5, 0.6) is 11.5 Å². The molecule has 0 aliphatic rings. The molecule has 1 amide bonds. The summed E-state index contributed by atoms with van der Waals surface area (Å²) in [5.74, 6) is 1.81. The second-order valence-electron chi connectivity index (χ2n) is 6.61. The monoisotopic (exact) mass is 434 g/mol. The van der Waals surface area contributed by atoms with Crippen LogP contribution < -0.4 is 14.8 Å². The lowest BCUT2D eigenvalue weighted by atomic mass is 10.1. The molecular weight excluding hydrogens is 416 g/mol. The number of oxazole rings is 1. The second-order valence-corrected chi connectivity index (χ2v) is 7.04. The molecule has 3 aromatic carbocycles. The van der Waals surface area contributed by atoms with E-state index < -0.39 is 0 Å². The smallest absolute Gasteiger partial charge is 0.256 e.